The van der Waals surface area contributed by atoms with E-state index in [-0.39, 0.29) is 31.3 Å². The molecule has 2 heterocycles. The van der Waals surface area contributed by atoms with E-state index in [0.29, 0.717) is 11.4 Å². The molecule has 1 aromatic heterocycles. The van der Waals surface area contributed by atoms with Crippen LogP contribution < -0.4 is 16.0 Å². The van der Waals surface area contributed by atoms with Crippen molar-refractivity contribution in [1.29, 1.82) is 0 Å². The molecule has 0 radical (unpaired) electrons. The lowest BCUT2D eigenvalue weighted by Crippen LogP contribution is -2.49. The summed E-state index contributed by atoms with van der Waals surface area (Å²) >= 11 is 0. The van der Waals surface area contributed by atoms with E-state index in [9.17, 15) is 19.5 Å². The molecule has 1 saturated heterocycles. The van der Waals surface area contributed by atoms with Crippen molar-refractivity contribution in [3.8, 4) is 0 Å². The van der Waals surface area contributed by atoms with E-state index >= 15 is 0 Å². The number of nitrogens with zero attached hydrogens (tertiary/aromatic N) is 4. The van der Waals surface area contributed by atoms with Crippen LogP contribution in [-0.2, 0) is 16.1 Å². The number of anilines is 1. The first-order chi connectivity index (χ1) is 15.6. The Morgan fingerprint density at radius 1 is 1.21 bits per heavy atom. The summed E-state index contributed by atoms with van der Waals surface area (Å²) in [5.41, 5.74) is 0.584. The number of β-amino-alcohol motifs (C(OH)–C–C–N with tert-alkyl or cyclic N) is 1. The highest BCUT2D eigenvalue weighted by Gasteiger charge is 2.44. The van der Waals surface area contributed by atoms with Gasteiger partial charge in [-0.2, -0.15) is 0 Å². The highest BCUT2D eigenvalue weighted by atomic mass is 16.3. The number of carbonyl (C=O) groups is 3. The van der Waals surface area contributed by atoms with Gasteiger partial charge in [0.05, 0.1) is 18.8 Å². The fourth-order valence-corrected chi connectivity index (χ4v) is 3.90. The summed E-state index contributed by atoms with van der Waals surface area (Å²) < 4.78 is 1.46. The van der Waals surface area contributed by atoms with Crippen molar-refractivity contribution < 1.29 is 19.5 Å². The van der Waals surface area contributed by atoms with Crippen LogP contribution in [0, 0.1) is 5.41 Å². The third-order valence-corrected chi connectivity index (χ3v) is 5.45. The van der Waals surface area contributed by atoms with Crippen molar-refractivity contribution in [2.75, 3.05) is 18.9 Å². The van der Waals surface area contributed by atoms with Crippen LogP contribution in [0.3, 0.4) is 0 Å². The van der Waals surface area contributed by atoms with Crippen molar-refractivity contribution in [3.05, 3.63) is 42.2 Å². The van der Waals surface area contributed by atoms with Crippen LogP contribution in [0.1, 0.15) is 38.9 Å². The Kier molecular flexibility index (Phi) is 7.32. The van der Waals surface area contributed by atoms with E-state index in [1.807, 2.05) is 39.0 Å². The van der Waals surface area contributed by atoms with E-state index in [1.54, 1.807) is 18.3 Å². The van der Waals surface area contributed by atoms with Crippen LogP contribution in [0.2, 0.25) is 0 Å². The molecular weight excluding hydrogens is 426 g/mol. The number of aromatic nitrogens is 3. The van der Waals surface area contributed by atoms with Gasteiger partial charge in [0.1, 0.15) is 17.8 Å². The second kappa shape index (κ2) is 9.99. The summed E-state index contributed by atoms with van der Waals surface area (Å²) in [7, 11) is 1.50. The van der Waals surface area contributed by atoms with E-state index in [1.165, 1.54) is 16.6 Å². The van der Waals surface area contributed by atoms with Crippen LogP contribution in [0.15, 0.2) is 36.5 Å². The van der Waals surface area contributed by atoms with Crippen molar-refractivity contribution in [3.63, 3.8) is 0 Å². The highest BCUT2D eigenvalue weighted by molar-refractivity contribution is 5.90. The number of likely N-dealkylation sites (N-methyl/N-ethyl adjacent to an activating group) is 1. The molecule has 0 aliphatic carbocycles. The van der Waals surface area contributed by atoms with Crippen LogP contribution >= 0.6 is 0 Å². The summed E-state index contributed by atoms with van der Waals surface area (Å²) in [6, 6.07) is 7.15. The minimum atomic E-state index is -0.768. The van der Waals surface area contributed by atoms with Gasteiger partial charge in [-0.05, 0) is 17.5 Å². The number of aliphatic hydroxyl groups excluding tert-OH is 1. The van der Waals surface area contributed by atoms with Crippen molar-refractivity contribution in [1.82, 2.24) is 30.5 Å². The molecule has 3 rings (SSSR count). The summed E-state index contributed by atoms with van der Waals surface area (Å²) in [5.74, 6) is -0.639. The highest BCUT2D eigenvalue weighted by Crippen LogP contribution is 2.34. The third kappa shape index (κ3) is 5.86. The molecule has 0 bridgehead atoms. The maximum atomic E-state index is 13.5. The number of benzene rings is 1. The van der Waals surface area contributed by atoms with E-state index < -0.39 is 29.6 Å². The molecule has 4 N–H and O–H groups in total. The number of nitrogens with one attached hydrogen (secondary N) is 3. The zero-order valence-corrected chi connectivity index (χ0v) is 19.3. The fourth-order valence-electron chi connectivity index (χ4n) is 3.90. The molecule has 0 saturated carbocycles. The maximum absolute atomic E-state index is 13.5. The number of urea groups is 1. The zero-order chi connectivity index (χ0) is 24.2. The number of rotatable bonds is 6. The Balaban J connectivity index is 1.72. The van der Waals surface area contributed by atoms with Gasteiger partial charge in [0.2, 0.25) is 11.8 Å². The molecular formula is C22H31N7O4. The Bertz CT molecular complexity index is 986. The molecule has 1 aliphatic rings. The SMILES string of the molecule is CNC(=O)[C@H]1CC(O)CN1C(=O)C(n1cc(CNC(=O)Nc2ccccc2)nn1)C(C)(C)C. The second-order valence-electron chi connectivity index (χ2n) is 9.14. The molecule has 11 nitrogen and oxygen atoms in total. The van der Waals surface area contributed by atoms with Gasteiger partial charge in [-0.3, -0.25) is 9.59 Å². The Morgan fingerprint density at radius 3 is 2.55 bits per heavy atom. The number of aliphatic hydroxyl groups is 1. The largest absolute Gasteiger partial charge is 0.391 e. The number of hydrogen-bond donors (Lipinski definition) is 4. The topological polar surface area (TPSA) is 141 Å². The lowest BCUT2D eigenvalue weighted by atomic mass is 9.85. The number of carbonyl (C=O) groups excluding carboxylic acids is 3. The first-order valence-corrected chi connectivity index (χ1v) is 10.8. The normalized spacial score (nSPS) is 19.1. The Labute approximate surface area is 192 Å². The first kappa shape index (κ1) is 24.2. The monoisotopic (exact) mass is 457 g/mol. The van der Waals surface area contributed by atoms with E-state index in [2.05, 4.69) is 26.3 Å². The molecule has 4 amide bonds. The minimum Gasteiger partial charge on any atom is -0.391 e. The lowest BCUT2D eigenvalue weighted by molar-refractivity contribution is -0.144. The molecule has 2 aromatic rings. The van der Waals surface area contributed by atoms with Gasteiger partial charge in [0.15, 0.2) is 0 Å². The minimum absolute atomic E-state index is 0.0757. The van der Waals surface area contributed by atoms with Gasteiger partial charge in [-0.1, -0.05) is 44.2 Å². The number of hydrogen-bond acceptors (Lipinski definition) is 6. The molecule has 1 aliphatic heterocycles. The number of para-hydroxylation sites is 1. The number of amides is 4. The molecule has 33 heavy (non-hydrogen) atoms. The standard InChI is InChI=1S/C22H31N7O4/c1-22(2,3)18(20(32)28-13-16(30)10-17(28)19(31)23-4)29-12-15(26-27-29)11-24-21(33)25-14-8-6-5-7-9-14/h5-9,12,16-18,30H,10-11,13H2,1-4H3,(H,23,31)(H2,24,25,33)/t16?,17-,18?/m1/s1. The molecule has 3 atom stereocenters. The molecule has 2 unspecified atom stereocenters. The average molecular weight is 458 g/mol. The van der Waals surface area contributed by atoms with Gasteiger partial charge in [-0.15, -0.1) is 5.10 Å². The Morgan fingerprint density at radius 2 is 1.91 bits per heavy atom. The zero-order valence-electron chi connectivity index (χ0n) is 19.3. The summed E-state index contributed by atoms with van der Waals surface area (Å²) in [4.78, 5) is 39.3. The predicted octanol–water partition coefficient (Wildman–Crippen LogP) is 0.895. The van der Waals surface area contributed by atoms with Gasteiger partial charge < -0.3 is 26.0 Å². The number of likely N-dealkylation sites (tertiary alicyclic amines) is 1. The van der Waals surface area contributed by atoms with E-state index in [4.69, 9.17) is 0 Å². The van der Waals surface area contributed by atoms with Crippen LogP contribution in [0.4, 0.5) is 10.5 Å². The van der Waals surface area contributed by atoms with Gasteiger partial charge >= 0.3 is 6.03 Å². The molecule has 1 aromatic carbocycles. The van der Waals surface area contributed by atoms with Gasteiger partial charge in [0, 0.05) is 25.7 Å². The summed E-state index contributed by atoms with van der Waals surface area (Å²) in [6.07, 6.45) is 1.03. The summed E-state index contributed by atoms with van der Waals surface area (Å²) in [6.45, 7) is 5.87. The maximum Gasteiger partial charge on any atom is 0.319 e. The van der Waals surface area contributed by atoms with Crippen molar-refractivity contribution >= 4 is 23.5 Å². The summed E-state index contributed by atoms with van der Waals surface area (Å²) in [5, 5.41) is 26.3. The second-order valence-corrected chi connectivity index (χ2v) is 9.14. The van der Waals surface area contributed by atoms with Crippen LogP contribution in [0.25, 0.3) is 0 Å². The van der Waals surface area contributed by atoms with Gasteiger partial charge in [-0.25, -0.2) is 9.48 Å². The fraction of sp³-hybridized carbons (Fsp3) is 0.500. The predicted molar refractivity (Wildman–Crippen MR) is 121 cm³/mol. The smallest absolute Gasteiger partial charge is 0.319 e. The van der Waals surface area contributed by atoms with Crippen LogP contribution in [-0.4, -0.2) is 68.6 Å². The van der Waals surface area contributed by atoms with Crippen molar-refractivity contribution in [2.45, 2.75) is 51.9 Å². The molecule has 1 fully saturated rings. The van der Waals surface area contributed by atoms with Crippen LogP contribution in [0.5, 0.6) is 0 Å². The van der Waals surface area contributed by atoms with Gasteiger partial charge in [0.25, 0.3) is 0 Å². The first-order valence-electron chi connectivity index (χ1n) is 10.8. The quantitative estimate of drug-likeness (QED) is 0.508. The Hall–Kier alpha value is -3.47. The molecule has 0 spiro atoms. The molecule has 178 valence electrons. The molecule has 11 heteroatoms. The van der Waals surface area contributed by atoms with Crippen molar-refractivity contribution in [2.24, 2.45) is 5.41 Å². The lowest BCUT2D eigenvalue weighted by Gasteiger charge is -2.34. The van der Waals surface area contributed by atoms with E-state index in [0.717, 1.165) is 0 Å². The third-order valence-electron chi connectivity index (χ3n) is 5.45. The average Bonchev–Trinajstić information content (AvgIpc) is 3.38.